The number of hydrogen-bond donors (Lipinski definition) is 1. The van der Waals surface area contributed by atoms with Crippen LogP contribution in [0.2, 0.25) is 5.02 Å². The van der Waals surface area contributed by atoms with E-state index in [-0.39, 0.29) is 11.5 Å². The first kappa shape index (κ1) is 15.9. The van der Waals surface area contributed by atoms with Crippen molar-refractivity contribution >= 4 is 40.6 Å². The standard InChI is InChI=1S/C15H10ClF3N2OS/c16-10-4-5-13-12(7-10)21(14(23)22-13)8-20-11-3-1-2-9(6-11)15(17,18)19/h1-7,20H,8H2. The van der Waals surface area contributed by atoms with Crippen LogP contribution in [0.1, 0.15) is 5.56 Å². The predicted molar refractivity (Wildman–Crippen MR) is 85.1 cm³/mol. The second kappa shape index (κ2) is 5.90. The van der Waals surface area contributed by atoms with Crippen LogP contribution in [-0.2, 0) is 12.8 Å². The number of anilines is 1. The normalized spacial score (nSPS) is 11.8. The maximum atomic E-state index is 12.7. The van der Waals surface area contributed by atoms with Crippen LogP contribution in [-0.4, -0.2) is 4.57 Å². The van der Waals surface area contributed by atoms with Gasteiger partial charge < -0.3 is 9.73 Å². The maximum Gasteiger partial charge on any atom is 0.416 e. The number of hydrogen-bond acceptors (Lipinski definition) is 3. The summed E-state index contributed by atoms with van der Waals surface area (Å²) >= 11 is 11.1. The average molecular weight is 359 g/mol. The minimum absolute atomic E-state index is 0.160. The van der Waals surface area contributed by atoms with E-state index in [4.69, 9.17) is 28.2 Å². The monoisotopic (exact) mass is 358 g/mol. The molecule has 0 saturated heterocycles. The number of oxazole rings is 1. The molecule has 1 N–H and O–H groups in total. The molecule has 3 nitrogen and oxygen atoms in total. The zero-order chi connectivity index (χ0) is 16.6. The highest BCUT2D eigenvalue weighted by atomic mass is 35.5. The molecule has 0 atom stereocenters. The summed E-state index contributed by atoms with van der Waals surface area (Å²) in [6, 6.07) is 10.00. The van der Waals surface area contributed by atoms with Gasteiger partial charge in [-0.1, -0.05) is 17.7 Å². The fourth-order valence-electron chi connectivity index (χ4n) is 2.16. The van der Waals surface area contributed by atoms with Gasteiger partial charge in [-0.25, -0.2) is 0 Å². The lowest BCUT2D eigenvalue weighted by Crippen LogP contribution is -2.09. The van der Waals surface area contributed by atoms with Crippen LogP contribution in [0.5, 0.6) is 0 Å². The Kier molecular flexibility index (Phi) is 4.08. The number of benzene rings is 2. The third kappa shape index (κ3) is 3.35. The van der Waals surface area contributed by atoms with Crippen LogP contribution in [0.15, 0.2) is 46.9 Å². The predicted octanol–water partition coefficient (Wildman–Crippen LogP) is 5.71. The smallest absolute Gasteiger partial charge is 0.416 e. The lowest BCUT2D eigenvalue weighted by Gasteiger charge is -2.11. The Labute approximate surface area is 139 Å². The summed E-state index contributed by atoms with van der Waals surface area (Å²) in [6.45, 7) is 0.160. The van der Waals surface area contributed by atoms with Crippen LogP contribution in [0.3, 0.4) is 0 Å². The zero-order valence-electron chi connectivity index (χ0n) is 11.5. The molecule has 0 radical (unpaired) electrons. The van der Waals surface area contributed by atoms with E-state index >= 15 is 0 Å². The number of nitrogens with zero attached hydrogens (tertiary/aromatic N) is 1. The van der Waals surface area contributed by atoms with Gasteiger partial charge in [-0.05, 0) is 48.6 Å². The fraction of sp³-hybridized carbons (Fsp3) is 0.133. The lowest BCUT2D eigenvalue weighted by atomic mass is 10.2. The molecule has 0 aliphatic carbocycles. The Morgan fingerprint density at radius 1 is 1.17 bits per heavy atom. The van der Waals surface area contributed by atoms with Crippen molar-refractivity contribution in [2.45, 2.75) is 12.8 Å². The molecule has 120 valence electrons. The highest BCUT2D eigenvalue weighted by molar-refractivity contribution is 7.71. The first-order chi connectivity index (χ1) is 10.8. The topological polar surface area (TPSA) is 30.1 Å². The molecule has 8 heteroatoms. The van der Waals surface area contributed by atoms with Crippen molar-refractivity contribution in [2.75, 3.05) is 5.32 Å². The second-order valence-electron chi connectivity index (χ2n) is 4.82. The van der Waals surface area contributed by atoms with Gasteiger partial charge in [0, 0.05) is 10.7 Å². The van der Waals surface area contributed by atoms with Gasteiger partial charge in [-0.2, -0.15) is 13.2 Å². The molecule has 3 aromatic rings. The summed E-state index contributed by atoms with van der Waals surface area (Å²) in [5.41, 5.74) is 0.844. The Morgan fingerprint density at radius 2 is 1.96 bits per heavy atom. The van der Waals surface area contributed by atoms with Crippen LogP contribution < -0.4 is 5.32 Å². The van der Waals surface area contributed by atoms with Crippen molar-refractivity contribution in [3.63, 3.8) is 0 Å². The molecule has 0 fully saturated rings. The summed E-state index contributed by atoms with van der Waals surface area (Å²) in [7, 11) is 0. The van der Waals surface area contributed by atoms with Gasteiger partial charge in [0.25, 0.3) is 4.84 Å². The quantitative estimate of drug-likeness (QED) is 0.608. The van der Waals surface area contributed by atoms with Gasteiger partial charge in [-0.15, -0.1) is 0 Å². The molecular formula is C15H10ClF3N2OS. The Morgan fingerprint density at radius 3 is 2.70 bits per heavy atom. The molecule has 1 heterocycles. The summed E-state index contributed by atoms with van der Waals surface area (Å²) < 4.78 is 45.2. The highest BCUT2D eigenvalue weighted by Gasteiger charge is 2.30. The number of nitrogens with one attached hydrogen (secondary N) is 1. The van der Waals surface area contributed by atoms with Crippen LogP contribution in [0.4, 0.5) is 18.9 Å². The lowest BCUT2D eigenvalue weighted by molar-refractivity contribution is -0.137. The minimum atomic E-state index is -4.39. The molecule has 0 amide bonds. The average Bonchev–Trinajstić information content (AvgIpc) is 2.79. The largest absolute Gasteiger partial charge is 0.429 e. The molecule has 3 rings (SSSR count). The van der Waals surface area contributed by atoms with E-state index in [2.05, 4.69) is 5.32 Å². The minimum Gasteiger partial charge on any atom is -0.429 e. The molecule has 23 heavy (non-hydrogen) atoms. The van der Waals surface area contributed by atoms with E-state index in [9.17, 15) is 13.2 Å². The SMILES string of the molecule is FC(F)(F)c1cccc(NCn2c(=S)oc3ccc(Cl)cc32)c1. The van der Waals surface area contributed by atoms with Gasteiger partial charge in [0.15, 0.2) is 5.58 Å². The van der Waals surface area contributed by atoms with Gasteiger partial charge in [0.05, 0.1) is 17.7 Å². The van der Waals surface area contributed by atoms with Crippen molar-refractivity contribution in [3.8, 4) is 0 Å². The maximum absolute atomic E-state index is 12.7. The number of halogens is 4. The molecule has 2 aromatic carbocycles. The Bertz CT molecular complexity index is 917. The van der Waals surface area contributed by atoms with Crippen molar-refractivity contribution in [3.05, 3.63) is 57.9 Å². The van der Waals surface area contributed by atoms with E-state index in [1.165, 1.54) is 6.07 Å². The zero-order valence-corrected chi connectivity index (χ0v) is 13.1. The van der Waals surface area contributed by atoms with Gasteiger partial charge in [-0.3, -0.25) is 4.57 Å². The Balaban J connectivity index is 1.88. The van der Waals surface area contributed by atoms with E-state index in [1.807, 2.05) is 0 Å². The van der Waals surface area contributed by atoms with Crippen LogP contribution in [0.25, 0.3) is 11.1 Å². The highest BCUT2D eigenvalue weighted by Crippen LogP contribution is 2.30. The molecule has 1 aromatic heterocycles. The third-order valence-electron chi connectivity index (χ3n) is 3.26. The fourth-order valence-corrected chi connectivity index (χ4v) is 2.58. The molecule has 0 spiro atoms. The van der Waals surface area contributed by atoms with Gasteiger partial charge >= 0.3 is 6.18 Å². The van der Waals surface area contributed by atoms with E-state index in [1.54, 1.807) is 28.8 Å². The first-order valence-electron chi connectivity index (χ1n) is 6.54. The number of aromatic nitrogens is 1. The number of rotatable bonds is 3. The van der Waals surface area contributed by atoms with E-state index in [0.29, 0.717) is 21.8 Å². The molecular weight excluding hydrogens is 349 g/mol. The van der Waals surface area contributed by atoms with Crippen LogP contribution >= 0.6 is 23.8 Å². The van der Waals surface area contributed by atoms with E-state index in [0.717, 1.165) is 12.1 Å². The molecule has 0 aliphatic rings. The second-order valence-corrected chi connectivity index (χ2v) is 5.61. The summed E-state index contributed by atoms with van der Waals surface area (Å²) in [5.74, 6) is 0. The summed E-state index contributed by atoms with van der Waals surface area (Å²) in [5, 5.41) is 3.42. The van der Waals surface area contributed by atoms with Crippen molar-refractivity contribution < 1.29 is 17.6 Å². The van der Waals surface area contributed by atoms with Crippen LogP contribution in [0, 0.1) is 4.84 Å². The van der Waals surface area contributed by atoms with Gasteiger partial charge in [0.1, 0.15) is 0 Å². The molecule has 0 aliphatic heterocycles. The number of fused-ring (bicyclic) bond motifs is 1. The van der Waals surface area contributed by atoms with Gasteiger partial charge in [0.2, 0.25) is 0 Å². The summed E-state index contributed by atoms with van der Waals surface area (Å²) in [6.07, 6.45) is -4.39. The van der Waals surface area contributed by atoms with Crippen molar-refractivity contribution in [2.24, 2.45) is 0 Å². The molecule has 0 bridgehead atoms. The molecule has 0 saturated carbocycles. The first-order valence-corrected chi connectivity index (χ1v) is 7.33. The van der Waals surface area contributed by atoms with E-state index < -0.39 is 11.7 Å². The van der Waals surface area contributed by atoms with Crippen molar-refractivity contribution in [1.29, 1.82) is 0 Å². The third-order valence-corrected chi connectivity index (χ3v) is 3.80. The number of alkyl halides is 3. The molecule has 0 unspecified atom stereocenters. The Hall–Kier alpha value is -1.99. The summed E-state index contributed by atoms with van der Waals surface area (Å²) in [4.78, 5) is 0.210. The van der Waals surface area contributed by atoms with Crippen molar-refractivity contribution in [1.82, 2.24) is 4.57 Å².